The topological polar surface area (TPSA) is 95.5 Å². The van der Waals surface area contributed by atoms with Crippen molar-refractivity contribution < 1.29 is 9.53 Å². The van der Waals surface area contributed by atoms with Crippen molar-refractivity contribution in [2.45, 2.75) is 6.92 Å². The molecule has 2 aromatic carbocycles. The van der Waals surface area contributed by atoms with Gasteiger partial charge in [-0.05, 0) is 42.4 Å². The number of nitrogens with one attached hydrogen (secondary N) is 2. The molecule has 38 heavy (non-hydrogen) atoms. The minimum absolute atomic E-state index is 0.259. The van der Waals surface area contributed by atoms with E-state index in [0.29, 0.717) is 23.2 Å². The lowest BCUT2D eigenvalue weighted by atomic mass is 10.0. The van der Waals surface area contributed by atoms with Crippen LogP contribution in [0.2, 0.25) is 0 Å². The summed E-state index contributed by atoms with van der Waals surface area (Å²) < 4.78 is 5.62. The normalized spacial score (nSPS) is 13.8. The van der Waals surface area contributed by atoms with E-state index in [9.17, 15) is 4.79 Å². The number of nitrogens with zero attached hydrogens (tertiary/aromatic N) is 5. The fourth-order valence-corrected chi connectivity index (χ4v) is 4.58. The Hall–Kier alpha value is -4.50. The van der Waals surface area contributed by atoms with Crippen molar-refractivity contribution in [3.63, 3.8) is 0 Å². The zero-order chi connectivity index (χ0) is 26.5. The number of rotatable bonds is 8. The minimum atomic E-state index is -0.259. The van der Waals surface area contributed by atoms with Crippen LogP contribution in [0.4, 0.5) is 23.1 Å². The number of carbonyl (C=O) groups excluding carboxylic acids is 1. The molecule has 0 saturated carbocycles. The van der Waals surface area contributed by atoms with Crippen LogP contribution in [0.15, 0.2) is 73.4 Å². The fourth-order valence-electron chi connectivity index (χ4n) is 4.58. The third-order valence-electron chi connectivity index (χ3n) is 6.67. The number of hydrogen-bond donors (Lipinski definition) is 2. The molecule has 194 valence electrons. The van der Waals surface area contributed by atoms with Gasteiger partial charge in [0.2, 0.25) is 17.7 Å². The van der Waals surface area contributed by atoms with E-state index in [4.69, 9.17) is 14.7 Å². The second-order valence-corrected chi connectivity index (χ2v) is 8.98. The fraction of sp³-hybridized carbons (Fsp3) is 0.241. The molecule has 0 radical (unpaired) electrons. The molecule has 1 fully saturated rings. The van der Waals surface area contributed by atoms with Crippen LogP contribution in [0.3, 0.4) is 0 Å². The standard InChI is InChI=1S/C29H31N7O2/c1-4-26(37)31-22-10-6-8-20(18-22)23-11-7-9-21-19-30-29(34-27(21)23)32-24-12-13-25(33-28(24)38-3)36-16-14-35(5-2)15-17-36/h4,6-13,18-19H,1,5,14-17H2,2-3H3,(H,31,37)(H,30,32,34). The molecule has 1 aliphatic rings. The molecule has 1 aliphatic heterocycles. The predicted molar refractivity (Wildman–Crippen MR) is 152 cm³/mol. The van der Waals surface area contributed by atoms with Crippen LogP contribution in [0, 0.1) is 0 Å². The summed E-state index contributed by atoms with van der Waals surface area (Å²) in [7, 11) is 1.61. The molecule has 0 aliphatic carbocycles. The molecule has 4 aromatic rings. The van der Waals surface area contributed by atoms with Crippen LogP contribution in [0.1, 0.15) is 6.92 Å². The summed E-state index contributed by atoms with van der Waals surface area (Å²) in [5.74, 6) is 1.56. The Balaban J connectivity index is 1.42. The number of amides is 1. The Bertz CT molecular complexity index is 1460. The number of methoxy groups -OCH3 is 1. The first-order valence-corrected chi connectivity index (χ1v) is 12.7. The quantitative estimate of drug-likeness (QED) is 0.330. The number of ether oxygens (including phenoxy) is 1. The number of carbonyl (C=O) groups is 1. The van der Waals surface area contributed by atoms with Crippen molar-refractivity contribution in [1.29, 1.82) is 0 Å². The van der Waals surface area contributed by atoms with Gasteiger partial charge in [-0.15, -0.1) is 0 Å². The largest absolute Gasteiger partial charge is 0.479 e. The number of para-hydroxylation sites is 1. The minimum Gasteiger partial charge on any atom is -0.479 e. The maximum atomic E-state index is 11.8. The highest BCUT2D eigenvalue weighted by molar-refractivity contribution is 6.00. The molecular weight excluding hydrogens is 478 g/mol. The van der Waals surface area contributed by atoms with Crippen molar-refractivity contribution in [3.05, 3.63) is 73.4 Å². The number of fused-ring (bicyclic) bond motifs is 1. The summed E-state index contributed by atoms with van der Waals surface area (Å²) in [6.07, 6.45) is 3.04. The van der Waals surface area contributed by atoms with Crippen molar-refractivity contribution in [2.75, 3.05) is 55.4 Å². The van der Waals surface area contributed by atoms with Gasteiger partial charge in [-0.3, -0.25) is 4.79 Å². The van der Waals surface area contributed by atoms with Crippen molar-refractivity contribution >= 4 is 40.0 Å². The van der Waals surface area contributed by atoms with E-state index in [0.717, 1.165) is 60.6 Å². The Morgan fingerprint density at radius 3 is 2.66 bits per heavy atom. The van der Waals surface area contributed by atoms with E-state index in [2.05, 4.69) is 38.9 Å². The molecule has 2 aromatic heterocycles. The predicted octanol–water partition coefficient (Wildman–Crippen LogP) is 4.71. The van der Waals surface area contributed by atoms with Crippen LogP contribution < -0.4 is 20.3 Å². The number of benzene rings is 2. The molecule has 0 atom stereocenters. The van der Waals surface area contributed by atoms with E-state index in [1.807, 2.05) is 54.6 Å². The average molecular weight is 510 g/mol. The van der Waals surface area contributed by atoms with Crippen LogP contribution in [-0.4, -0.2) is 65.6 Å². The van der Waals surface area contributed by atoms with E-state index in [1.54, 1.807) is 13.3 Å². The van der Waals surface area contributed by atoms with Crippen molar-refractivity contribution in [2.24, 2.45) is 0 Å². The molecule has 2 N–H and O–H groups in total. The SMILES string of the molecule is C=CC(=O)Nc1cccc(-c2cccc3cnc(Nc4ccc(N5CCN(CC)CC5)nc4OC)nc23)c1. The van der Waals surface area contributed by atoms with Gasteiger partial charge in [0.15, 0.2) is 0 Å². The highest BCUT2D eigenvalue weighted by Gasteiger charge is 2.19. The molecule has 0 bridgehead atoms. The molecule has 0 spiro atoms. The monoisotopic (exact) mass is 509 g/mol. The van der Waals surface area contributed by atoms with Gasteiger partial charge < -0.3 is 25.2 Å². The lowest BCUT2D eigenvalue weighted by Crippen LogP contribution is -2.46. The second-order valence-electron chi connectivity index (χ2n) is 8.98. The van der Waals surface area contributed by atoms with E-state index < -0.39 is 0 Å². The summed E-state index contributed by atoms with van der Waals surface area (Å²) in [6, 6.07) is 17.5. The van der Waals surface area contributed by atoms with E-state index in [1.165, 1.54) is 6.08 Å². The van der Waals surface area contributed by atoms with Gasteiger partial charge in [0.25, 0.3) is 0 Å². The summed E-state index contributed by atoms with van der Waals surface area (Å²) in [5, 5.41) is 7.00. The first-order valence-electron chi connectivity index (χ1n) is 12.7. The molecular formula is C29H31N7O2. The highest BCUT2D eigenvalue weighted by Crippen LogP contribution is 2.32. The summed E-state index contributed by atoms with van der Waals surface area (Å²) in [6.45, 7) is 10.7. The van der Waals surface area contributed by atoms with Crippen molar-refractivity contribution in [3.8, 4) is 17.0 Å². The number of piperazine rings is 1. The molecule has 0 unspecified atom stereocenters. The third kappa shape index (κ3) is 5.42. The van der Waals surface area contributed by atoms with Crippen LogP contribution in [0.25, 0.3) is 22.0 Å². The Kier molecular flexibility index (Phi) is 7.46. The zero-order valence-corrected chi connectivity index (χ0v) is 21.6. The number of hydrogen-bond acceptors (Lipinski definition) is 8. The van der Waals surface area contributed by atoms with Gasteiger partial charge in [0.1, 0.15) is 11.5 Å². The zero-order valence-electron chi connectivity index (χ0n) is 21.6. The summed E-state index contributed by atoms with van der Waals surface area (Å²) in [4.78, 5) is 30.6. The van der Waals surface area contributed by atoms with E-state index in [-0.39, 0.29) is 5.91 Å². The highest BCUT2D eigenvalue weighted by atomic mass is 16.5. The molecule has 9 nitrogen and oxygen atoms in total. The summed E-state index contributed by atoms with van der Waals surface area (Å²) in [5.41, 5.74) is 4.01. The van der Waals surface area contributed by atoms with Crippen LogP contribution >= 0.6 is 0 Å². The van der Waals surface area contributed by atoms with Gasteiger partial charge >= 0.3 is 0 Å². The van der Waals surface area contributed by atoms with Gasteiger partial charge in [-0.2, -0.15) is 4.98 Å². The van der Waals surface area contributed by atoms with Gasteiger partial charge in [0, 0.05) is 49.0 Å². The number of pyridine rings is 1. The average Bonchev–Trinajstić information content (AvgIpc) is 2.97. The van der Waals surface area contributed by atoms with Crippen LogP contribution in [-0.2, 0) is 4.79 Å². The van der Waals surface area contributed by atoms with Gasteiger partial charge in [0.05, 0.1) is 12.6 Å². The van der Waals surface area contributed by atoms with E-state index >= 15 is 0 Å². The molecule has 1 amide bonds. The lowest BCUT2D eigenvalue weighted by molar-refractivity contribution is -0.111. The van der Waals surface area contributed by atoms with Gasteiger partial charge in [-0.25, -0.2) is 9.97 Å². The Morgan fingerprint density at radius 1 is 1.08 bits per heavy atom. The maximum absolute atomic E-state index is 11.8. The number of likely N-dealkylation sites (N-methyl/N-ethyl adjacent to an activating group) is 1. The third-order valence-corrected chi connectivity index (χ3v) is 6.67. The van der Waals surface area contributed by atoms with Crippen LogP contribution in [0.5, 0.6) is 5.88 Å². The Morgan fingerprint density at radius 2 is 1.89 bits per heavy atom. The smallest absolute Gasteiger partial charge is 0.247 e. The first kappa shape index (κ1) is 25.2. The number of aromatic nitrogens is 3. The molecule has 1 saturated heterocycles. The lowest BCUT2D eigenvalue weighted by Gasteiger charge is -2.34. The number of anilines is 4. The Labute approximate surface area is 222 Å². The maximum Gasteiger partial charge on any atom is 0.247 e. The van der Waals surface area contributed by atoms with Crippen molar-refractivity contribution in [1.82, 2.24) is 19.9 Å². The summed E-state index contributed by atoms with van der Waals surface area (Å²) >= 11 is 0. The second kappa shape index (κ2) is 11.3. The molecule has 5 rings (SSSR count). The first-order chi connectivity index (χ1) is 18.6. The molecule has 9 heteroatoms. The van der Waals surface area contributed by atoms with Gasteiger partial charge in [-0.1, -0.05) is 43.8 Å². The molecule has 3 heterocycles.